The molecule has 224 valence electrons. The lowest BCUT2D eigenvalue weighted by Gasteiger charge is -2.34. The summed E-state index contributed by atoms with van der Waals surface area (Å²) in [6.45, 7) is 3.87. The van der Waals surface area contributed by atoms with Gasteiger partial charge in [0.05, 0.1) is 11.9 Å². The van der Waals surface area contributed by atoms with Gasteiger partial charge in [-0.15, -0.1) is 0 Å². The van der Waals surface area contributed by atoms with Crippen LogP contribution < -0.4 is 9.62 Å². The highest BCUT2D eigenvalue weighted by Gasteiger charge is 2.34. The van der Waals surface area contributed by atoms with Gasteiger partial charge < -0.3 is 10.2 Å². The maximum absolute atomic E-state index is 14.2. The second kappa shape index (κ2) is 14.3. The standard InChI is InChI=1S/C33H40BrN3O4S/c1-24(2)27-15-19-30(20-16-27)37(42(3,40)41)23-32(38)36(22-26-13-17-28(34)18-14-26)31(21-25-9-5-4-6-10-25)33(39)35-29-11-7-8-12-29/h4-6,9-10,13-20,24,29,31H,7-8,11-12,21-23H2,1-3H3,(H,35,39). The van der Waals surface area contributed by atoms with Crippen LogP contribution in [0.4, 0.5) is 5.69 Å². The molecular weight excluding hydrogens is 614 g/mol. The van der Waals surface area contributed by atoms with Crippen molar-refractivity contribution in [1.29, 1.82) is 0 Å². The fourth-order valence-electron chi connectivity index (χ4n) is 5.35. The van der Waals surface area contributed by atoms with Gasteiger partial charge in [-0.1, -0.05) is 97.2 Å². The molecule has 4 rings (SSSR count). The van der Waals surface area contributed by atoms with Gasteiger partial charge in [-0.3, -0.25) is 13.9 Å². The normalized spacial score (nSPS) is 14.5. The summed E-state index contributed by atoms with van der Waals surface area (Å²) in [4.78, 5) is 29.7. The fraction of sp³-hybridized carbons (Fsp3) is 0.394. The lowest BCUT2D eigenvalue weighted by molar-refractivity contribution is -0.140. The molecule has 0 saturated heterocycles. The lowest BCUT2D eigenvalue weighted by atomic mass is 10.0. The van der Waals surface area contributed by atoms with Gasteiger partial charge in [-0.05, 0) is 59.7 Å². The Morgan fingerprint density at radius 1 is 0.905 bits per heavy atom. The monoisotopic (exact) mass is 653 g/mol. The van der Waals surface area contributed by atoms with Crippen LogP contribution in [0.2, 0.25) is 0 Å². The highest BCUT2D eigenvalue weighted by atomic mass is 79.9. The third kappa shape index (κ3) is 8.67. The van der Waals surface area contributed by atoms with E-state index in [9.17, 15) is 18.0 Å². The van der Waals surface area contributed by atoms with E-state index >= 15 is 0 Å². The van der Waals surface area contributed by atoms with Crippen LogP contribution in [0.1, 0.15) is 62.1 Å². The van der Waals surface area contributed by atoms with E-state index in [1.165, 1.54) is 0 Å². The average molecular weight is 655 g/mol. The summed E-state index contributed by atoms with van der Waals surface area (Å²) in [5, 5.41) is 3.19. The largest absolute Gasteiger partial charge is 0.352 e. The number of sulfonamides is 1. The minimum Gasteiger partial charge on any atom is -0.352 e. The van der Waals surface area contributed by atoms with E-state index in [0.717, 1.165) is 57.4 Å². The number of anilines is 1. The smallest absolute Gasteiger partial charge is 0.244 e. The molecule has 0 heterocycles. The topological polar surface area (TPSA) is 86.8 Å². The Kier molecular flexibility index (Phi) is 10.8. The van der Waals surface area contributed by atoms with E-state index in [1.807, 2.05) is 66.7 Å². The lowest BCUT2D eigenvalue weighted by Crippen LogP contribution is -2.54. The molecule has 0 bridgehead atoms. The highest BCUT2D eigenvalue weighted by Crippen LogP contribution is 2.24. The van der Waals surface area contributed by atoms with Crippen LogP contribution in [-0.4, -0.2) is 50.0 Å². The number of halogens is 1. The van der Waals surface area contributed by atoms with Crippen LogP contribution in [0.3, 0.4) is 0 Å². The molecule has 1 atom stereocenters. The van der Waals surface area contributed by atoms with Crippen molar-refractivity contribution in [3.05, 3.63) is 100 Å². The molecule has 0 aromatic heterocycles. The van der Waals surface area contributed by atoms with Gasteiger partial charge in [0.2, 0.25) is 21.8 Å². The molecule has 1 aliphatic rings. The van der Waals surface area contributed by atoms with Gasteiger partial charge in [-0.25, -0.2) is 8.42 Å². The summed E-state index contributed by atoms with van der Waals surface area (Å²) in [5.41, 5.74) is 3.24. The summed E-state index contributed by atoms with van der Waals surface area (Å²) in [7, 11) is -3.80. The predicted octanol–water partition coefficient (Wildman–Crippen LogP) is 6.04. The Morgan fingerprint density at radius 3 is 2.10 bits per heavy atom. The maximum atomic E-state index is 14.2. The first-order chi connectivity index (χ1) is 20.0. The summed E-state index contributed by atoms with van der Waals surface area (Å²) in [6.07, 6.45) is 5.37. The molecule has 9 heteroatoms. The van der Waals surface area contributed by atoms with E-state index in [-0.39, 0.29) is 24.4 Å². The number of nitrogens with zero attached hydrogens (tertiary/aromatic N) is 2. The van der Waals surface area contributed by atoms with Gasteiger partial charge in [0.1, 0.15) is 12.6 Å². The predicted molar refractivity (Wildman–Crippen MR) is 172 cm³/mol. The van der Waals surface area contributed by atoms with E-state index < -0.39 is 28.5 Å². The number of carbonyl (C=O) groups excluding carboxylic acids is 2. The first kappa shape index (κ1) is 31.8. The van der Waals surface area contributed by atoms with Crippen molar-refractivity contribution in [2.24, 2.45) is 0 Å². The molecule has 1 aliphatic carbocycles. The number of hydrogen-bond donors (Lipinski definition) is 1. The van der Waals surface area contributed by atoms with Gasteiger partial charge in [0.25, 0.3) is 0 Å². The first-order valence-electron chi connectivity index (χ1n) is 14.5. The number of rotatable bonds is 12. The Morgan fingerprint density at radius 2 is 1.52 bits per heavy atom. The fourth-order valence-corrected chi connectivity index (χ4v) is 6.46. The number of carbonyl (C=O) groups is 2. The summed E-state index contributed by atoms with van der Waals surface area (Å²) >= 11 is 3.46. The SMILES string of the molecule is CC(C)c1ccc(N(CC(=O)N(Cc2ccc(Br)cc2)C(Cc2ccccc2)C(=O)NC2CCCC2)S(C)(=O)=O)cc1. The summed E-state index contributed by atoms with van der Waals surface area (Å²) in [5.74, 6) is -0.381. The second-order valence-corrected chi connectivity index (χ2v) is 14.2. The maximum Gasteiger partial charge on any atom is 0.244 e. The quantitative estimate of drug-likeness (QED) is 0.258. The summed E-state index contributed by atoms with van der Waals surface area (Å²) < 4.78 is 28.0. The number of benzene rings is 3. The zero-order chi connectivity index (χ0) is 30.3. The van der Waals surface area contributed by atoms with Gasteiger partial charge >= 0.3 is 0 Å². The van der Waals surface area contributed by atoms with E-state index in [1.54, 1.807) is 17.0 Å². The van der Waals surface area contributed by atoms with Crippen molar-refractivity contribution < 1.29 is 18.0 Å². The first-order valence-corrected chi connectivity index (χ1v) is 17.1. The third-order valence-electron chi connectivity index (χ3n) is 7.77. The third-order valence-corrected chi connectivity index (χ3v) is 9.44. The molecule has 7 nitrogen and oxygen atoms in total. The molecule has 0 aliphatic heterocycles. The van der Waals surface area contributed by atoms with Crippen molar-refractivity contribution in [3.63, 3.8) is 0 Å². The molecule has 2 amide bonds. The zero-order valence-electron chi connectivity index (χ0n) is 24.5. The van der Waals surface area contributed by atoms with Crippen molar-refractivity contribution in [2.75, 3.05) is 17.1 Å². The van der Waals surface area contributed by atoms with E-state index in [4.69, 9.17) is 0 Å². The van der Waals surface area contributed by atoms with Crippen molar-refractivity contribution in [1.82, 2.24) is 10.2 Å². The van der Waals surface area contributed by atoms with Crippen molar-refractivity contribution in [2.45, 2.75) is 70.5 Å². The Labute approximate surface area is 258 Å². The second-order valence-electron chi connectivity index (χ2n) is 11.4. The highest BCUT2D eigenvalue weighted by molar-refractivity contribution is 9.10. The van der Waals surface area contributed by atoms with Gasteiger partial charge in [-0.2, -0.15) is 0 Å². The minimum absolute atomic E-state index is 0.0763. The molecule has 3 aromatic rings. The summed E-state index contributed by atoms with van der Waals surface area (Å²) in [6, 6.07) is 23.7. The van der Waals surface area contributed by atoms with Crippen molar-refractivity contribution in [3.8, 4) is 0 Å². The number of hydrogen-bond acceptors (Lipinski definition) is 4. The van der Waals surface area contributed by atoms with Crippen LogP contribution in [0.25, 0.3) is 0 Å². The number of nitrogens with one attached hydrogen (secondary N) is 1. The molecular formula is C33H40BrN3O4S. The van der Waals surface area contributed by atoms with Crippen LogP contribution in [-0.2, 0) is 32.6 Å². The molecule has 1 unspecified atom stereocenters. The van der Waals surface area contributed by atoms with Crippen molar-refractivity contribution >= 4 is 43.5 Å². The molecule has 0 radical (unpaired) electrons. The molecule has 1 fully saturated rings. The minimum atomic E-state index is -3.80. The number of amides is 2. The zero-order valence-corrected chi connectivity index (χ0v) is 26.9. The molecule has 0 spiro atoms. The average Bonchev–Trinajstić information content (AvgIpc) is 3.47. The van der Waals surface area contributed by atoms with E-state index in [0.29, 0.717) is 12.1 Å². The van der Waals surface area contributed by atoms with Crippen LogP contribution in [0, 0.1) is 0 Å². The Hall–Kier alpha value is -3.17. The molecule has 1 saturated carbocycles. The van der Waals surface area contributed by atoms with Gasteiger partial charge in [0, 0.05) is 23.5 Å². The Bertz CT molecular complexity index is 1440. The van der Waals surface area contributed by atoms with Gasteiger partial charge in [0.15, 0.2) is 0 Å². The van der Waals surface area contributed by atoms with Crippen LogP contribution >= 0.6 is 15.9 Å². The molecule has 3 aromatic carbocycles. The Balaban J connectivity index is 1.71. The van der Waals surface area contributed by atoms with Crippen LogP contribution in [0.15, 0.2) is 83.3 Å². The molecule has 42 heavy (non-hydrogen) atoms. The van der Waals surface area contributed by atoms with Crippen LogP contribution in [0.5, 0.6) is 0 Å². The van der Waals surface area contributed by atoms with E-state index in [2.05, 4.69) is 35.1 Å². The molecule has 1 N–H and O–H groups in total.